The molecule has 2 nitrogen and oxygen atoms in total. The van der Waals surface area contributed by atoms with Crippen LogP contribution in [0.3, 0.4) is 0 Å². The Bertz CT molecular complexity index is 412. The second-order valence-electron chi connectivity index (χ2n) is 6.97. The molecule has 0 aromatic heterocycles. The number of fused-ring (bicyclic) bond motifs is 1. The Morgan fingerprint density at radius 1 is 1.33 bits per heavy atom. The second kappa shape index (κ2) is 6.93. The molecule has 2 saturated carbocycles. The normalized spacial score (nSPS) is 35.1. The summed E-state index contributed by atoms with van der Waals surface area (Å²) in [5, 5.41) is 20.9. The highest BCUT2D eigenvalue weighted by Crippen LogP contribution is 2.50. The third-order valence-corrected chi connectivity index (χ3v) is 5.31. The van der Waals surface area contributed by atoms with Crippen LogP contribution < -0.4 is 0 Å². The first-order valence-corrected chi connectivity index (χ1v) is 8.39. The summed E-state index contributed by atoms with van der Waals surface area (Å²) in [7, 11) is 0. The Hall–Kier alpha value is -0.860. The minimum absolute atomic E-state index is 0.159. The fourth-order valence-electron chi connectivity index (χ4n) is 4.03. The molecule has 0 heterocycles. The van der Waals surface area contributed by atoms with Crippen LogP contribution in [0.15, 0.2) is 37.0 Å². The van der Waals surface area contributed by atoms with E-state index in [0.717, 1.165) is 38.5 Å². The van der Waals surface area contributed by atoms with Gasteiger partial charge in [0.1, 0.15) is 5.60 Å². The summed E-state index contributed by atoms with van der Waals surface area (Å²) in [5.74, 6) is 1.25. The third kappa shape index (κ3) is 3.87. The molecule has 0 saturated heterocycles. The lowest BCUT2D eigenvalue weighted by atomic mass is 9.88. The Kier molecular flexibility index (Phi) is 5.45. The van der Waals surface area contributed by atoms with Gasteiger partial charge in [-0.25, -0.2) is 0 Å². The van der Waals surface area contributed by atoms with Gasteiger partial charge >= 0.3 is 0 Å². The molecule has 2 aliphatic rings. The molecule has 2 N–H and O–H groups in total. The molecular formula is C19H30O2. The van der Waals surface area contributed by atoms with Crippen LogP contribution in [0.2, 0.25) is 0 Å². The van der Waals surface area contributed by atoms with Crippen molar-refractivity contribution in [3.05, 3.63) is 37.0 Å². The summed E-state index contributed by atoms with van der Waals surface area (Å²) < 4.78 is 0. The van der Waals surface area contributed by atoms with Gasteiger partial charge in [-0.15, -0.1) is 0 Å². The molecule has 0 radical (unpaired) electrons. The van der Waals surface area contributed by atoms with Crippen LogP contribution in [0.1, 0.15) is 51.9 Å². The maximum Gasteiger partial charge on any atom is 0.101 e. The van der Waals surface area contributed by atoms with Crippen molar-refractivity contribution in [2.24, 2.45) is 17.8 Å². The van der Waals surface area contributed by atoms with E-state index in [0.29, 0.717) is 18.3 Å². The molecule has 2 fully saturated rings. The molecule has 0 amide bonds. The van der Waals surface area contributed by atoms with Gasteiger partial charge in [0.25, 0.3) is 0 Å². The van der Waals surface area contributed by atoms with Gasteiger partial charge in [0.15, 0.2) is 0 Å². The summed E-state index contributed by atoms with van der Waals surface area (Å²) in [5.41, 5.74) is 0.389. The first-order chi connectivity index (χ1) is 9.99. The summed E-state index contributed by atoms with van der Waals surface area (Å²) in [6.07, 6.45) is 12.2. The molecular weight excluding hydrogens is 260 g/mol. The van der Waals surface area contributed by atoms with E-state index in [1.807, 2.05) is 12.2 Å². The standard InChI is InChI=1S/C19H30O2/c1-4-6-7-9-19(21,5-2)10-8-16-17-12-14(3)11-15(17)13-18(16)20/h5,8,10,15-18,20-21H,2-4,6-7,9,11-13H2,1H3/t15-,16+,17+,18+,19+/m0/s1. The topological polar surface area (TPSA) is 40.5 Å². The molecule has 0 unspecified atom stereocenters. The van der Waals surface area contributed by atoms with E-state index < -0.39 is 5.60 Å². The van der Waals surface area contributed by atoms with Crippen molar-refractivity contribution in [1.29, 1.82) is 0 Å². The Balaban J connectivity index is 2.00. The van der Waals surface area contributed by atoms with E-state index in [1.54, 1.807) is 6.08 Å². The van der Waals surface area contributed by atoms with E-state index in [-0.39, 0.29) is 12.0 Å². The minimum atomic E-state index is -0.928. The number of rotatable bonds is 7. The van der Waals surface area contributed by atoms with Crippen molar-refractivity contribution in [3.63, 3.8) is 0 Å². The van der Waals surface area contributed by atoms with Crippen LogP contribution in [-0.4, -0.2) is 21.9 Å². The van der Waals surface area contributed by atoms with Gasteiger partial charge in [-0.05, 0) is 43.9 Å². The fraction of sp³-hybridized carbons (Fsp3) is 0.684. The second-order valence-corrected chi connectivity index (χ2v) is 6.97. The average molecular weight is 290 g/mol. The molecule has 118 valence electrons. The zero-order valence-electron chi connectivity index (χ0n) is 13.3. The largest absolute Gasteiger partial charge is 0.392 e. The molecule has 2 heteroatoms. The van der Waals surface area contributed by atoms with Gasteiger partial charge in [0.05, 0.1) is 6.10 Å². The van der Waals surface area contributed by atoms with E-state index in [9.17, 15) is 10.2 Å². The number of aliphatic hydroxyl groups is 2. The first kappa shape index (κ1) is 16.5. The molecule has 2 rings (SSSR count). The fourth-order valence-corrected chi connectivity index (χ4v) is 4.03. The molecule has 2 aliphatic carbocycles. The molecule has 0 bridgehead atoms. The zero-order chi connectivity index (χ0) is 15.5. The highest BCUT2D eigenvalue weighted by molar-refractivity contribution is 5.18. The number of unbranched alkanes of at least 4 members (excludes halogenated alkanes) is 2. The maximum absolute atomic E-state index is 10.6. The Morgan fingerprint density at radius 2 is 2.10 bits per heavy atom. The lowest BCUT2D eigenvalue weighted by Crippen LogP contribution is -2.24. The summed E-state index contributed by atoms with van der Waals surface area (Å²) in [4.78, 5) is 0. The molecule has 0 aliphatic heterocycles. The number of aliphatic hydroxyl groups excluding tert-OH is 1. The van der Waals surface area contributed by atoms with Gasteiger partial charge in [-0.2, -0.15) is 0 Å². The molecule has 0 aromatic rings. The first-order valence-electron chi connectivity index (χ1n) is 8.39. The Morgan fingerprint density at radius 3 is 2.76 bits per heavy atom. The van der Waals surface area contributed by atoms with Crippen LogP contribution in [0, 0.1) is 17.8 Å². The summed E-state index contributed by atoms with van der Waals surface area (Å²) in [6.45, 7) is 10.0. The van der Waals surface area contributed by atoms with E-state index >= 15 is 0 Å². The van der Waals surface area contributed by atoms with Gasteiger partial charge in [0.2, 0.25) is 0 Å². The number of allylic oxidation sites excluding steroid dienone is 1. The monoisotopic (exact) mass is 290 g/mol. The predicted octanol–water partition coefficient (Wildman–Crippen LogP) is 4.00. The van der Waals surface area contributed by atoms with Crippen molar-refractivity contribution in [2.45, 2.75) is 63.6 Å². The smallest absolute Gasteiger partial charge is 0.101 e. The van der Waals surface area contributed by atoms with Crippen LogP contribution in [0.4, 0.5) is 0 Å². The van der Waals surface area contributed by atoms with E-state index in [2.05, 4.69) is 20.1 Å². The highest BCUT2D eigenvalue weighted by atomic mass is 16.3. The van der Waals surface area contributed by atoms with Gasteiger partial charge < -0.3 is 10.2 Å². The van der Waals surface area contributed by atoms with Crippen molar-refractivity contribution >= 4 is 0 Å². The highest BCUT2D eigenvalue weighted by Gasteiger charge is 2.44. The van der Waals surface area contributed by atoms with E-state index in [4.69, 9.17) is 0 Å². The Labute approximate surface area is 129 Å². The third-order valence-electron chi connectivity index (χ3n) is 5.31. The summed E-state index contributed by atoms with van der Waals surface area (Å²) >= 11 is 0. The van der Waals surface area contributed by atoms with Crippen molar-refractivity contribution in [3.8, 4) is 0 Å². The molecule has 0 spiro atoms. The number of hydrogen-bond acceptors (Lipinski definition) is 2. The molecule has 5 atom stereocenters. The molecule has 0 aromatic carbocycles. The van der Waals surface area contributed by atoms with Crippen LogP contribution in [-0.2, 0) is 0 Å². The van der Waals surface area contributed by atoms with Crippen LogP contribution >= 0.6 is 0 Å². The van der Waals surface area contributed by atoms with Crippen LogP contribution in [0.25, 0.3) is 0 Å². The summed E-state index contributed by atoms with van der Waals surface area (Å²) in [6, 6.07) is 0. The quantitative estimate of drug-likeness (QED) is 0.549. The van der Waals surface area contributed by atoms with Crippen molar-refractivity contribution in [2.75, 3.05) is 0 Å². The van der Waals surface area contributed by atoms with Crippen molar-refractivity contribution < 1.29 is 10.2 Å². The van der Waals surface area contributed by atoms with E-state index in [1.165, 1.54) is 5.57 Å². The van der Waals surface area contributed by atoms with Gasteiger partial charge in [-0.1, -0.05) is 56.7 Å². The maximum atomic E-state index is 10.6. The lowest BCUT2D eigenvalue weighted by Gasteiger charge is -2.23. The van der Waals surface area contributed by atoms with Crippen LogP contribution in [0.5, 0.6) is 0 Å². The molecule has 21 heavy (non-hydrogen) atoms. The van der Waals surface area contributed by atoms with Crippen molar-refractivity contribution in [1.82, 2.24) is 0 Å². The average Bonchev–Trinajstić information content (AvgIpc) is 2.92. The SMILES string of the molecule is C=C[C@](O)(C=C[C@@H]1[C@@H]2CC(=C)C[C@H]2C[C@H]1O)CCCCC. The number of hydrogen-bond donors (Lipinski definition) is 2. The van der Waals surface area contributed by atoms with Gasteiger partial charge in [0, 0.05) is 5.92 Å². The predicted molar refractivity (Wildman–Crippen MR) is 87.9 cm³/mol. The zero-order valence-corrected chi connectivity index (χ0v) is 13.3. The minimum Gasteiger partial charge on any atom is -0.392 e. The van der Waals surface area contributed by atoms with Gasteiger partial charge in [-0.3, -0.25) is 0 Å². The lowest BCUT2D eigenvalue weighted by molar-refractivity contribution is 0.122.